The number of primary amides is 1. The number of nitrogens with one attached hydrogen (secondary N) is 11. The molecule has 1 aromatic rings. The number of guanidine groups is 4. The summed E-state index contributed by atoms with van der Waals surface area (Å²) in [6.45, 7) is 4.20. The first-order valence-corrected chi connectivity index (χ1v) is 39.9. The molecule has 2 aliphatic heterocycles. The molecule has 3 aliphatic rings. The van der Waals surface area contributed by atoms with Gasteiger partial charge in [-0.15, -0.1) is 0 Å². The Hall–Kier alpha value is -10.5. The number of aliphatic carboxylic acids is 1. The molecule has 43 heteroatoms. The summed E-state index contributed by atoms with van der Waals surface area (Å²) in [5.41, 5.74) is 58.3. The molecule has 624 valence electrons. The second-order valence-corrected chi connectivity index (χ2v) is 30.5. The lowest BCUT2D eigenvalue weighted by Gasteiger charge is -2.39. The topological polar surface area (TPSA) is 704 Å². The molecule has 32 N–H and O–H groups in total. The third-order valence-electron chi connectivity index (χ3n) is 19.1. The summed E-state index contributed by atoms with van der Waals surface area (Å²) in [5.74, 6) is -16.5. The zero-order valence-electron chi connectivity index (χ0n) is 64.0. The Balaban J connectivity index is 1.88. The van der Waals surface area contributed by atoms with Gasteiger partial charge in [0.15, 0.2) is 23.8 Å². The van der Waals surface area contributed by atoms with Crippen LogP contribution in [0.5, 0.6) is 0 Å². The number of fused-ring (bicyclic) bond motifs is 2. The molecule has 2 fully saturated rings. The van der Waals surface area contributed by atoms with Crippen LogP contribution in [0.15, 0.2) is 44.2 Å². The summed E-state index contributed by atoms with van der Waals surface area (Å²) < 4.78 is 0. The van der Waals surface area contributed by atoms with Crippen molar-refractivity contribution in [3.05, 3.63) is 35.4 Å². The van der Waals surface area contributed by atoms with Gasteiger partial charge in [-0.25, -0.2) is 0 Å². The molecule has 1 saturated carbocycles. The second-order valence-electron chi connectivity index (χ2n) is 27.9. The first-order valence-electron chi connectivity index (χ1n) is 37.5. The molecule has 2 heterocycles. The number of carbonyl (C=O) groups is 14. The molecule has 1 aromatic carbocycles. The van der Waals surface area contributed by atoms with E-state index in [0.717, 1.165) is 40.9 Å². The van der Waals surface area contributed by atoms with Crippen LogP contribution in [-0.4, -0.2) is 234 Å². The predicted molar refractivity (Wildman–Crippen MR) is 422 cm³/mol. The van der Waals surface area contributed by atoms with E-state index in [9.17, 15) is 67.4 Å². The number of carbonyl (C=O) groups excluding carboxylic acids is 13. The van der Waals surface area contributed by atoms with Crippen LogP contribution in [0.4, 0.5) is 0 Å². The fourth-order valence-corrected chi connectivity index (χ4v) is 15.5. The van der Waals surface area contributed by atoms with E-state index in [1.807, 2.05) is 0 Å². The van der Waals surface area contributed by atoms with Gasteiger partial charge >= 0.3 is 5.97 Å². The van der Waals surface area contributed by atoms with Gasteiger partial charge in [0.05, 0.1) is 32.1 Å². The van der Waals surface area contributed by atoms with E-state index in [-0.39, 0.29) is 145 Å². The summed E-state index contributed by atoms with van der Waals surface area (Å²) in [7, 11) is 1.95. The highest BCUT2D eigenvalue weighted by atomic mass is 33.1. The van der Waals surface area contributed by atoms with Crippen LogP contribution in [0.3, 0.4) is 0 Å². The number of aliphatic imine (C=N–C) groups is 4. The van der Waals surface area contributed by atoms with Crippen molar-refractivity contribution in [3.8, 4) is 0 Å². The quantitative estimate of drug-likeness (QED) is 0.0169. The second kappa shape index (κ2) is 49.0. The standard InChI is InChI=1S/C69H116N26O15S2/c1-5-36(3)53-64(109)90-45(30-52(99)100)61(106)88-43(22-14-26-82-68(76)77)60(105)94-54(37(4)6-2)65(110)95-34-40-19-11-10-18-39(40)29-47(95)63(108)86-33-51(98)92-55(56(71)101)48(23-15-27-83-69(78)79)112-111-35-46(91-57(102)41(70)20-12-24-80-66(72)73)62(107)89-44(28-38-16-8-7-9-17-38)58(103)85-31-49(96)84-32-50(97)87-42(59(104)93-53)21-13-25-81-67(74)75/h10-11,18-19,36-38,41-48,53-55H,5-9,12-17,20-35,70H2,1-4H3,(H2,71,101)(H,84,96)(H,85,103)(H,86,108)(H,87,97)(H,88,106)(H,89,107)(H,90,109)(H,91,102)(H,92,98)(H,93,104)(H,94,105)(H,99,100)(H4,72,73,80)(H4,74,75,81)(H4,76,77,82)(H4,78,79,83)/t36-,37-,41-,42+,43-,44-,45-,46-,47+,48+,53-,54-,55-/m0/s1. The molecule has 1 saturated heterocycles. The fourth-order valence-electron chi connectivity index (χ4n) is 12.5. The first kappa shape index (κ1) is 93.9. The van der Waals surface area contributed by atoms with Crippen molar-refractivity contribution in [2.24, 2.45) is 95.1 Å². The van der Waals surface area contributed by atoms with Gasteiger partial charge in [-0.1, -0.05) is 118 Å². The van der Waals surface area contributed by atoms with Gasteiger partial charge in [0, 0.05) is 50.1 Å². The number of amides is 13. The van der Waals surface area contributed by atoms with Gasteiger partial charge in [-0.05, 0) is 86.7 Å². The Labute approximate surface area is 658 Å². The van der Waals surface area contributed by atoms with Crippen molar-refractivity contribution in [1.29, 1.82) is 0 Å². The SMILES string of the molecule is CC[C@H](C)[C@@H]1NC(=O)[C@@H](CCCN=C(N)N)NC(=O)CNC(=O)CNC(=O)[C@H](CC2CCCCC2)NC(=O)[C@@H](NC(=O)[C@@H](N)CCCN=C(N)N)CSS[C@H](CCCN=C(N)N)[C@@H](C(N)=O)NC(=O)CNC(=O)[C@H]2Cc3ccccc3CN2C(=O)[C@H]([C@@H](C)CC)NC(=O)[C@H](CCCN=C(N)N)NC(=O)[C@H](CC(=O)O)NC1=O. The van der Waals surface area contributed by atoms with Crippen molar-refractivity contribution in [2.75, 3.05) is 51.6 Å². The highest BCUT2D eigenvalue weighted by molar-refractivity contribution is 8.77. The smallest absolute Gasteiger partial charge is 0.305 e. The van der Waals surface area contributed by atoms with Crippen molar-refractivity contribution in [3.63, 3.8) is 0 Å². The van der Waals surface area contributed by atoms with Gasteiger partial charge in [0.25, 0.3) is 0 Å². The van der Waals surface area contributed by atoms with E-state index in [4.69, 9.17) is 57.3 Å². The average Bonchev–Trinajstić information content (AvgIpc) is 0.782. The Morgan fingerprint density at radius 1 is 0.554 bits per heavy atom. The summed E-state index contributed by atoms with van der Waals surface area (Å²) in [4.78, 5) is 216. The minimum absolute atomic E-state index is 0.00505. The van der Waals surface area contributed by atoms with Gasteiger partial charge in [0.2, 0.25) is 76.8 Å². The zero-order valence-corrected chi connectivity index (χ0v) is 65.6. The number of hydrogen-bond donors (Lipinski definition) is 22. The molecule has 0 radical (unpaired) electrons. The first-order chi connectivity index (χ1) is 53.1. The van der Waals surface area contributed by atoms with E-state index in [2.05, 4.69) is 78.5 Å². The largest absolute Gasteiger partial charge is 0.481 e. The van der Waals surface area contributed by atoms with E-state index < -0.39 is 186 Å². The molecule has 1 aliphatic carbocycles. The monoisotopic (exact) mass is 1610 g/mol. The van der Waals surface area contributed by atoms with Crippen molar-refractivity contribution >= 4 is 128 Å². The van der Waals surface area contributed by atoms with E-state index in [1.54, 1.807) is 52.0 Å². The Morgan fingerprint density at radius 3 is 1.62 bits per heavy atom. The average molecular weight is 1610 g/mol. The Bertz CT molecular complexity index is 3510. The number of nitrogens with two attached hydrogens (primary N) is 10. The lowest BCUT2D eigenvalue weighted by atomic mass is 9.84. The minimum atomic E-state index is -1.95. The van der Waals surface area contributed by atoms with Gasteiger partial charge in [0.1, 0.15) is 54.4 Å². The van der Waals surface area contributed by atoms with E-state index in [1.165, 1.54) is 4.90 Å². The maximum Gasteiger partial charge on any atom is 0.305 e. The third kappa shape index (κ3) is 33.6. The molecule has 13 atom stereocenters. The minimum Gasteiger partial charge on any atom is -0.481 e. The fraction of sp³-hybridized carbons (Fsp3) is 0.652. The highest BCUT2D eigenvalue weighted by Crippen LogP contribution is 2.34. The number of carboxylic acids is 1. The molecule has 13 amide bonds. The normalized spacial score (nSPS) is 24.0. The molecule has 112 heavy (non-hydrogen) atoms. The number of rotatable bonds is 27. The summed E-state index contributed by atoms with van der Waals surface area (Å²) >= 11 is 0. The molecular weight excluding hydrogens is 1500 g/mol. The summed E-state index contributed by atoms with van der Waals surface area (Å²) in [6.07, 6.45) is 3.57. The third-order valence-corrected chi connectivity index (χ3v) is 22.0. The van der Waals surface area contributed by atoms with Gasteiger partial charge in [-0.2, -0.15) is 0 Å². The number of hydrogen-bond acceptors (Lipinski definition) is 21. The molecular formula is C69H116N26O15S2. The van der Waals surface area contributed by atoms with Crippen LogP contribution in [0.2, 0.25) is 0 Å². The molecule has 4 rings (SSSR count). The number of carboxylic acid groups (broad SMARTS) is 1. The lowest BCUT2D eigenvalue weighted by molar-refractivity contribution is -0.146. The maximum absolute atomic E-state index is 15.4. The van der Waals surface area contributed by atoms with E-state index >= 15 is 4.79 Å². The van der Waals surface area contributed by atoms with Crippen LogP contribution in [-0.2, 0) is 80.1 Å². The van der Waals surface area contributed by atoms with Crippen LogP contribution >= 0.6 is 21.6 Å². The van der Waals surface area contributed by atoms with Crippen molar-refractivity contribution < 1.29 is 72.2 Å². The predicted octanol–water partition coefficient (Wildman–Crippen LogP) is -6.51. The molecule has 0 aromatic heterocycles. The Morgan fingerprint density at radius 2 is 1.04 bits per heavy atom. The van der Waals surface area contributed by atoms with Crippen LogP contribution < -0.4 is 116 Å². The van der Waals surface area contributed by atoms with Crippen LogP contribution in [0, 0.1) is 17.8 Å². The maximum atomic E-state index is 15.4. The Kier molecular flexibility index (Phi) is 41.1. The molecule has 0 spiro atoms. The summed E-state index contributed by atoms with van der Waals surface area (Å²) in [5, 5.41) is 37.6. The van der Waals surface area contributed by atoms with Crippen molar-refractivity contribution in [1.82, 2.24) is 63.4 Å². The van der Waals surface area contributed by atoms with Crippen LogP contribution in [0.25, 0.3) is 0 Å². The number of benzene rings is 1. The van der Waals surface area contributed by atoms with E-state index in [0.29, 0.717) is 24.0 Å². The molecule has 41 nitrogen and oxygen atoms in total. The molecule has 0 bridgehead atoms. The van der Waals surface area contributed by atoms with Gasteiger partial charge < -0.3 is 126 Å². The summed E-state index contributed by atoms with van der Waals surface area (Å²) in [6, 6.07) is -7.93. The lowest BCUT2D eigenvalue weighted by Crippen LogP contribution is -2.62. The zero-order chi connectivity index (χ0) is 83.1. The number of nitrogens with zero attached hydrogens (tertiary/aromatic N) is 5. The van der Waals surface area contributed by atoms with Gasteiger partial charge in [-0.3, -0.25) is 87.1 Å². The van der Waals surface area contributed by atoms with Crippen LogP contribution in [0.1, 0.15) is 148 Å². The molecule has 0 unspecified atom stereocenters. The van der Waals surface area contributed by atoms with Crippen molar-refractivity contribution in [2.45, 2.75) is 215 Å². The highest BCUT2D eigenvalue weighted by Gasteiger charge is 2.42.